The molecule has 1 aliphatic rings. The molecule has 25 heavy (non-hydrogen) atoms. The predicted octanol–water partition coefficient (Wildman–Crippen LogP) is 1.67. The van der Waals surface area contributed by atoms with Gasteiger partial charge in [-0.1, -0.05) is 6.07 Å². The molecule has 1 heterocycles. The molecule has 1 N–H and O–H groups in total. The number of carbonyl (C=O) groups excluding carboxylic acids is 1. The molecule has 0 saturated carbocycles. The number of nitrogens with zero attached hydrogens (tertiary/aromatic N) is 3. The van der Waals surface area contributed by atoms with Crippen molar-refractivity contribution in [2.24, 2.45) is 5.10 Å². The zero-order valence-electron chi connectivity index (χ0n) is 13.9. The van der Waals surface area contributed by atoms with Crippen molar-refractivity contribution in [3.63, 3.8) is 0 Å². The van der Waals surface area contributed by atoms with Crippen LogP contribution in [0.2, 0.25) is 0 Å². The normalized spacial score (nSPS) is 15.1. The number of nitriles is 1. The van der Waals surface area contributed by atoms with Crippen LogP contribution in [0.4, 0.5) is 0 Å². The van der Waals surface area contributed by atoms with Crippen molar-refractivity contribution in [1.82, 2.24) is 5.01 Å². The zero-order valence-corrected chi connectivity index (χ0v) is 13.9. The highest BCUT2D eigenvalue weighted by atomic mass is 16.5. The van der Waals surface area contributed by atoms with E-state index in [1.807, 2.05) is 6.07 Å². The minimum Gasteiger partial charge on any atom is -0.493 e. The van der Waals surface area contributed by atoms with Crippen LogP contribution in [-0.2, 0) is 9.59 Å². The fourth-order valence-corrected chi connectivity index (χ4v) is 2.25. The lowest BCUT2D eigenvalue weighted by molar-refractivity contribution is -0.139. The molecule has 0 bridgehead atoms. The Labute approximate surface area is 144 Å². The maximum atomic E-state index is 12.3. The number of hydrogen-bond donors (Lipinski definition) is 1. The molecule has 8 nitrogen and oxygen atoms in total. The number of carboxylic acid groups (broad SMARTS) is 1. The SMILES string of the molecule is COc1cc(/C=C2/C(=O)N(CCC#N)N=C2C)ccc1OCC(=O)O. The van der Waals surface area contributed by atoms with E-state index in [9.17, 15) is 9.59 Å². The van der Waals surface area contributed by atoms with E-state index in [1.54, 1.807) is 31.2 Å². The molecule has 1 aromatic carbocycles. The van der Waals surface area contributed by atoms with E-state index in [-0.39, 0.29) is 18.9 Å². The van der Waals surface area contributed by atoms with Gasteiger partial charge in [-0.05, 0) is 30.7 Å². The smallest absolute Gasteiger partial charge is 0.341 e. The summed E-state index contributed by atoms with van der Waals surface area (Å²) >= 11 is 0. The van der Waals surface area contributed by atoms with Gasteiger partial charge in [0.05, 0.1) is 37.4 Å². The average molecular weight is 343 g/mol. The summed E-state index contributed by atoms with van der Waals surface area (Å²) in [6.45, 7) is 1.49. The highest BCUT2D eigenvalue weighted by molar-refractivity contribution is 6.26. The lowest BCUT2D eigenvalue weighted by atomic mass is 10.1. The molecule has 0 radical (unpaired) electrons. The predicted molar refractivity (Wildman–Crippen MR) is 89.2 cm³/mol. The minimum absolute atomic E-state index is 0.208. The molecule has 0 fully saturated rings. The van der Waals surface area contributed by atoms with Gasteiger partial charge in [-0.3, -0.25) is 4.79 Å². The van der Waals surface area contributed by atoms with Gasteiger partial charge in [0.1, 0.15) is 0 Å². The molecule has 0 unspecified atom stereocenters. The lowest BCUT2D eigenvalue weighted by Gasteiger charge is -2.10. The van der Waals surface area contributed by atoms with E-state index >= 15 is 0 Å². The van der Waals surface area contributed by atoms with Crippen LogP contribution in [0.15, 0.2) is 28.9 Å². The number of carbonyl (C=O) groups is 2. The van der Waals surface area contributed by atoms with Crippen LogP contribution in [0.1, 0.15) is 18.9 Å². The van der Waals surface area contributed by atoms with E-state index in [0.717, 1.165) is 0 Å². The van der Waals surface area contributed by atoms with Gasteiger partial charge in [-0.2, -0.15) is 10.4 Å². The van der Waals surface area contributed by atoms with Gasteiger partial charge in [0.25, 0.3) is 5.91 Å². The largest absolute Gasteiger partial charge is 0.493 e. The van der Waals surface area contributed by atoms with Crippen LogP contribution in [0.25, 0.3) is 6.08 Å². The highest BCUT2D eigenvalue weighted by Crippen LogP contribution is 2.29. The fraction of sp³-hybridized carbons (Fsp3) is 0.294. The Morgan fingerprint density at radius 3 is 2.84 bits per heavy atom. The third-order valence-corrected chi connectivity index (χ3v) is 3.41. The van der Waals surface area contributed by atoms with Crippen LogP contribution >= 0.6 is 0 Å². The molecule has 0 aromatic heterocycles. The number of ether oxygens (including phenoxy) is 2. The van der Waals surface area contributed by atoms with Gasteiger partial charge in [0.15, 0.2) is 18.1 Å². The second-order valence-corrected chi connectivity index (χ2v) is 5.17. The molecule has 0 atom stereocenters. The maximum absolute atomic E-state index is 12.3. The average Bonchev–Trinajstić information content (AvgIpc) is 2.86. The summed E-state index contributed by atoms with van der Waals surface area (Å²) in [5.41, 5.74) is 1.67. The van der Waals surface area contributed by atoms with E-state index in [0.29, 0.717) is 28.3 Å². The number of benzene rings is 1. The number of hydrogen-bond acceptors (Lipinski definition) is 6. The number of rotatable bonds is 7. The van der Waals surface area contributed by atoms with Crippen molar-refractivity contribution in [2.45, 2.75) is 13.3 Å². The third-order valence-electron chi connectivity index (χ3n) is 3.41. The van der Waals surface area contributed by atoms with Crippen LogP contribution in [0, 0.1) is 11.3 Å². The Morgan fingerprint density at radius 2 is 2.20 bits per heavy atom. The quantitative estimate of drug-likeness (QED) is 0.754. The van der Waals surface area contributed by atoms with Gasteiger partial charge >= 0.3 is 5.97 Å². The van der Waals surface area contributed by atoms with Crippen LogP contribution in [0.3, 0.4) is 0 Å². The van der Waals surface area contributed by atoms with Crippen LogP contribution in [-0.4, -0.2) is 48.0 Å². The summed E-state index contributed by atoms with van der Waals surface area (Å²) in [5.74, 6) is -0.699. The molecule has 8 heteroatoms. The first-order valence-electron chi connectivity index (χ1n) is 7.45. The Bertz CT molecular complexity index is 792. The molecule has 0 saturated heterocycles. The van der Waals surface area contributed by atoms with Crippen molar-refractivity contribution >= 4 is 23.7 Å². The summed E-state index contributed by atoms with van der Waals surface area (Å²) in [7, 11) is 1.44. The molecule has 1 aliphatic heterocycles. The van der Waals surface area contributed by atoms with Crippen molar-refractivity contribution in [1.29, 1.82) is 5.26 Å². The second-order valence-electron chi connectivity index (χ2n) is 5.17. The lowest BCUT2D eigenvalue weighted by Crippen LogP contribution is -2.22. The first-order valence-corrected chi connectivity index (χ1v) is 7.45. The van der Waals surface area contributed by atoms with Crippen LogP contribution in [0.5, 0.6) is 11.5 Å². The van der Waals surface area contributed by atoms with Crippen molar-refractivity contribution < 1.29 is 24.2 Å². The number of hydrazone groups is 1. The Morgan fingerprint density at radius 1 is 1.44 bits per heavy atom. The summed E-state index contributed by atoms with van der Waals surface area (Å²) in [4.78, 5) is 22.9. The van der Waals surface area contributed by atoms with Gasteiger partial charge in [-0.15, -0.1) is 0 Å². The van der Waals surface area contributed by atoms with Crippen molar-refractivity contribution in [3.05, 3.63) is 29.3 Å². The van der Waals surface area contributed by atoms with E-state index in [2.05, 4.69) is 5.10 Å². The van der Waals surface area contributed by atoms with Gasteiger partial charge < -0.3 is 14.6 Å². The van der Waals surface area contributed by atoms with E-state index in [4.69, 9.17) is 19.8 Å². The second kappa shape index (κ2) is 7.97. The van der Waals surface area contributed by atoms with Crippen LogP contribution < -0.4 is 9.47 Å². The number of methoxy groups -OCH3 is 1. The molecular formula is C17H17N3O5. The summed E-state index contributed by atoms with van der Waals surface area (Å²) in [6.07, 6.45) is 1.87. The summed E-state index contributed by atoms with van der Waals surface area (Å²) in [5, 5.41) is 22.7. The first kappa shape index (κ1) is 18.0. The highest BCUT2D eigenvalue weighted by Gasteiger charge is 2.27. The monoisotopic (exact) mass is 343 g/mol. The fourth-order valence-electron chi connectivity index (χ4n) is 2.25. The Balaban J connectivity index is 2.23. The molecule has 130 valence electrons. The summed E-state index contributed by atoms with van der Waals surface area (Å²) < 4.78 is 10.3. The minimum atomic E-state index is -1.09. The Kier molecular flexibility index (Phi) is 5.74. The standard InChI is InChI=1S/C17H17N3O5/c1-11-13(17(23)20(19-11)7-3-6-18)8-12-4-5-14(15(9-12)24-2)25-10-16(21)22/h4-5,8-9H,3,7,10H2,1-2H3,(H,21,22)/b13-8+. The first-order chi connectivity index (χ1) is 12.0. The molecule has 2 rings (SSSR count). The molecule has 1 aromatic rings. The molecule has 1 amide bonds. The van der Waals surface area contributed by atoms with Gasteiger partial charge in [-0.25, -0.2) is 9.80 Å². The molecular weight excluding hydrogens is 326 g/mol. The maximum Gasteiger partial charge on any atom is 0.341 e. The van der Waals surface area contributed by atoms with E-state index in [1.165, 1.54) is 12.1 Å². The van der Waals surface area contributed by atoms with Gasteiger partial charge in [0.2, 0.25) is 0 Å². The van der Waals surface area contributed by atoms with Crippen molar-refractivity contribution in [3.8, 4) is 17.6 Å². The van der Waals surface area contributed by atoms with E-state index < -0.39 is 12.6 Å². The summed E-state index contributed by atoms with van der Waals surface area (Å²) in [6, 6.07) is 6.89. The molecule has 0 aliphatic carbocycles. The number of amides is 1. The molecule has 0 spiro atoms. The topological polar surface area (TPSA) is 112 Å². The third kappa shape index (κ3) is 4.35. The zero-order chi connectivity index (χ0) is 18.4. The number of carboxylic acids is 1. The van der Waals surface area contributed by atoms with Crippen molar-refractivity contribution in [2.75, 3.05) is 20.3 Å². The van der Waals surface area contributed by atoms with Gasteiger partial charge in [0, 0.05) is 0 Å². The number of aliphatic carboxylic acids is 1. The Hall–Kier alpha value is -3.34.